The van der Waals surface area contributed by atoms with Crippen LogP contribution in [0, 0.1) is 5.92 Å². The number of nitrogens with one attached hydrogen (secondary N) is 1. The molecule has 2 nitrogen and oxygen atoms in total. The first kappa shape index (κ1) is 10.0. The molecule has 1 heterocycles. The molecule has 1 rings (SSSR count). The Hall–Kier alpha value is -0.0800. The highest BCUT2D eigenvalue weighted by Crippen LogP contribution is 2.21. The van der Waals surface area contributed by atoms with Gasteiger partial charge in [-0.15, -0.1) is 0 Å². The minimum Gasteiger partial charge on any atom is -0.375 e. The number of rotatable bonds is 2. The predicted octanol–water partition coefficient (Wildman–Crippen LogP) is 1.80. The van der Waals surface area contributed by atoms with Gasteiger partial charge in [-0.1, -0.05) is 20.8 Å². The van der Waals surface area contributed by atoms with E-state index in [9.17, 15) is 0 Å². The van der Waals surface area contributed by atoms with Crippen LogP contribution in [0.25, 0.3) is 0 Å². The van der Waals surface area contributed by atoms with Gasteiger partial charge in [0.2, 0.25) is 0 Å². The monoisotopic (exact) mass is 171 g/mol. The quantitative estimate of drug-likeness (QED) is 0.684. The number of hydrogen-bond acceptors (Lipinski definition) is 2. The standard InChI is InChI=1S/C10H21NO/c1-5-9-6-11-10(4,7-12-9)8(2)3/h8-9,11H,5-7H2,1-4H3. The van der Waals surface area contributed by atoms with Crippen molar-refractivity contribution in [1.82, 2.24) is 5.32 Å². The molecular formula is C10H21NO. The summed E-state index contributed by atoms with van der Waals surface area (Å²) in [4.78, 5) is 0. The van der Waals surface area contributed by atoms with Crippen molar-refractivity contribution in [1.29, 1.82) is 0 Å². The third kappa shape index (κ3) is 1.99. The van der Waals surface area contributed by atoms with E-state index in [1.165, 1.54) is 0 Å². The second kappa shape index (κ2) is 3.75. The first-order valence-corrected chi connectivity index (χ1v) is 4.95. The summed E-state index contributed by atoms with van der Waals surface area (Å²) in [6, 6.07) is 0. The maximum Gasteiger partial charge on any atom is 0.0698 e. The van der Waals surface area contributed by atoms with E-state index in [1.54, 1.807) is 0 Å². The van der Waals surface area contributed by atoms with Crippen molar-refractivity contribution >= 4 is 0 Å². The molecule has 0 radical (unpaired) electrons. The van der Waals surface area contributed by atoms with Crippen LogP contribution in [-0.2, 0) is 4.74 Å². The lowest BCUT2D eigenvalue weighted by Crippen LogP contribution is -2.58. The van der Waals surface area contributed by atoms with Crippen LogP contribution in [0.3, 0.4) is 0 Å². The summed E-state index contributed by atoms with van der Waals surface area (Å²) in [7, 11) is 0. The average Bonchev–Trinajstić information content (AvgIpc) is 2.06. The Labute approximate surface area is 75.7 Å². The number of ether oxygens (including phenoxy) is 1. The number of morpholine rings is 1. The van der Waals surface area contributed by atoms with Gasteiger partial charge >= 0.3 is 0 Å². The molecule has 2 heteroatoms. The summed E-state index contributed by atoms with van der Waals surface area (Å²) in [6.45, 7) is 10.7. The Morgan fingerprint density at radius 2 is 2.25 bits per heavy atom. The molecule has 0 spiro atoms. The Bertz CT molecular complexity index is 137. The summed E-state index contributed by atoms with van der Waals surface area (Å²) in [5.41, 5.74) is 0.186. The largest absolute Gasteiger partial charge is 0.375 e. The Balaban J connectivity index is 2.44. The highest BCUT2D eigenvalue weighted by Gasteiger charge is 2.33. The SMILES string of the molecule is CCC1CNC(C)(C(C)C)CO1. The molecule has 72 valence electrons. The smallest absolute Gasteiger partial charge is 0.0698 e. The molecule has 1 aliphatic rings. The maximum absolute atomic E-state index is 5.74. The van der Waals surface area contributed by atoms with Crippen molar-refractivity contribution in [2.75, 3.05) is 13.2 Å². The van der Waals surface area contributed by atoms with Gasteiger partial charge < -0.3 is 10.1 Å². The topological polar surface area (TPSA) is 21.3 Å². The van der Waals surface area contributed by atoms with Crippen LogP contribution in [0.4, 0.5) is 0 Å². The highest BCUT2D eigenvalue weighted by atomic mass is 16.5. The van der Waals surface area contributed by atoms with Crippen molar-refractivity contribution in [3.8, 4) is 0 Å². The van der Waals surface area contributed by atoms with E-state index in [2.05, 4.69) is 33.0 Å². The fourth-order valence-electron chi connectivity index (χ4n) is 1.38. The van der Waals surface area contributed by atoms with Crippen molar-refractivity contribution < 1.29 is 4.74 Å². The summed E-state index contributed by atoms with van der Waals surface area (Å²) >= 11 is 0. The van der Waals surface area contributed by atoms with Crippen LogP contribution in [0.1, 0.15) is 34.1 Å². The van der Waals surface area contributed by atoms with Gasteiger partial charge in [0.1, 0.15) is 0 Å². The second-order valence-corrected chi connectivity index (χ2v) is 4.29. The van der Waals surface area contributed by atoms with Crippen LogP contribution in [0.15, 0.2) is 0 Å². The van der Waals surface area contributed by atoms with E-state index in [0.717, 1.165) is 19.6 Å². The lowest BCUT2D eigenvalue weighted by atomic mass is 9.88. The van der Waals surface area contributed by atoms with E-state index >= 15 is 0 Å². The van der Waals surface area contributed by atoms with Gasteiger partial charge in [-0.25, -0.2) is 0 Å². The minimum atomic E-state index is 0.186. The molecule has 0 bridgehead atoms. The van der Waals surface area contributed by atoms with Crippen molar-refractivity contribution in [2.45, 2.75) is 45.8 Å². The predicted molar refractivity (Wildman–Crippen MR) is 51.3 cm³/mol. The van der Waals surface area contributed by atoms with E-state index < -0.39 is 0 Å². The van der Waals surface area contributed by atoms with Gasteiger partial charge in [-0.3, -0.25) is 0 Å². The van der Waals surface area contributed by atoms with Crippen molar-refractivity contribution in [3.63, 3.8) is 0 Å². The second-order valence-electron chi connectivity index (χ2n) is 4.29. The first-order valence-electron chi connectivity index (χ1n) is 4.95. The van der Waals surface area contributed by atoms with Crippen molar-refractivity contribution in [2.24, 2.45) is 5.92 Å². The van der Waals surface area contributed by atoms with Gasteiger partial charge in [0.15, 0.2) is 0 Å². The summed E-state index contributed by atoms with van der Waals surface area (Å²) in [6.07, 6.45) is 1.54. The molecule has 0 saturated carbocycles. The summed E-state index contributed by atoms with van der Waals surface area (Å²) in [5, 5.41) is 3.57. The minimum absolute atomic E-state index is 0.186. The lowest BCUT2D eigenvalue weighted by Gasteiger charge is -2.41. The molecule has 0 aromatic heterocycles. The molecule has 12 heavy (non-hydrogen) atoms. The van der Waals surface area contributed by atoms with Crippen LogP contribution in [0.5, 0.6) is 0 Å². The molecule has 1 N–H and O–H groups in total. The molecule has 1 aliphatic heterocycles. The van der Waals surface area contributed by atoms with Crippen LogP contribution < -0.4 is 5.32 Å². The zero-order chi connectivity index (χ0) is 9.19. The zero-order valence-electron chi connectivity index (χ0n) is 8.68. The first-order chi connectivity index (χ1) is 5.58. The van der Waals surface area contributed by atoms with E-state index in [4.69, 9.17) is 4.74 Å². The molecule has 2 unspecified atom stereocenters. The maximum atomic E-state index is 5.74. The Morgan fingerprint density at radius 1 is 1.58 bits per heavy atom. The Kier molecular flexibility index (Phi) is 3.13. The molecule has 1 saturated heterocycles. The molecular weight excluding hydrogens is 150 g/mol. The van der Waals surface area contributed by atoms with E-state index in [1.807, 2.05) is 0 Å². The fourth-order valence-corrected chi connectivity index (χ4v) is 1.38. The van der Waals surface area contributed by atoms with Crippen LogP contribution in [0.2, 0.25) is 0 Å². The van der Waals surface area contributed by atoms with Crippen molar-refractivity contribution in [3.05, 3.63) is 0 Å². The average molecular weight is 171 g/mol. The molecule has 2 atom stereocenters. The lowest BCUT2D eigenvalue weighted by molar-refractivity contribution is -0.0430. The third-order valence-corrected chi connectivity index (χ3v) is 3.08. The molecule has 0 aromatic carbocycles. The van der Waals surface area contributed by atoms with Gasteiger partial charge in [-0.05, 0) is 19.3 Å². The summed E-state index contributed by atoms with van der Waals surface area (Å²) in [5.74, 6) is 0.635. The van der Waals surface area contributed by atoms with E-state index in [0.29, 0.717) is 12.0 Å². The van der Waals surface area contributed by atoms with Gasteiger partial charge in [-0.2, -0.15) is 0 Å². The summed E-state index contributed by atoms with van der Waals surface area (Å²) < 4.78 is 5.74. The third-order valence-electron chi connectivity index (χ3n) is 3.08. The normalized spacial score (nSPS) is 37.2. The molecule has 0 amide bonds. The fraction of sp³-hybridized carbons (Fsp3) is 1.00. The van der Waals surface area contributed by atoms with E-state index in [-0.39, 0.29) is 5.54 Å². The Morgan fingerprint density at radius 3 is 2.58 bits per heavy atom. The van der Waals surface area contributed by atoms with Crippen LogP contribution >= 0.6 is 0 Å². The molecule has 0 aromatic rings. The molecule has 1 fully saturated rings. The van der Waals surface area contributed by atoms with Gasteiger partial charge in [0.25, 0.3) is 0 Å². The zero-order valence-corrected chi connectivity index (χ0v) is 8.68. The van der Waals surface area contributed by atoms with Gasteiger partial charge in [0, 0.05) is 12.1 Å². The highest BCUT2D eigenvalue weighted by molar-refractivity contribution is 4.90. The number of hydrogen-bond donors (Lipinski definition) is 1. The molecule has 0 aliphatic carbocycles. The van der Waals surface area contributed by atoms with Crippen LogP contribution in [-0.4, -0.2) is 24.8 Å². The van der Waals surface area contributed by atoms with Gasteiger partial charge in [0.05, 0.1) is 12.7 Å².